The molecule has 7 heteroatoms. The molecule has 0 radical (unpaired) electrons. The zero-order valence-electron chi connectivity index (χ0n) is 20.0. The summed E-state index contributed by atoms with van der Waals surface area (Å²) in [5.41, 5.74) is -1.63. The van der Waals surface area contributed by atoms with Gasteiger partial charge in [-0.3, -0.25) is 9.59 Å². The molecule has 3 aromatic carbocycles. The van der Waals surface area contributed by atoms with Crippen molar-refractivity contribution in [2.75, 3.05) is 13.2 Å². The van der Waals surface area contributed by atoms with Crippen molar-refractivity contribution in [1.29, 1.82) is 0 Å². The maximum Gasteiger partial charge on any atom is 0.363 e. The van der Waals surface area contributed by atoms with Gasteiger partial charge in [-0.05, 0) is 30.2 Å². The lowest BCUT2D eigenvalue weighted by atomic mass is 9.77. The minimum Gasteiger partial charge on any atom is -0.463 e. The van der Waals surface area contributed by atoms with Gasteiger partial charge in [-0.15, -0.1) is 0 Å². The molecule has 0 aromatic heterocycles. The van der Waals surface area contributed by atoms with Crippen LogP contribution in [-0.2, 0) is 28.6 Å². The summed E-state index contributed by atoms with van der Waals surface area (Å²) in [5, 5.41) is 1.61. The van der Waals surface area contributed by atoms with Gasteiger partial charge >= 0.3 is 23.5 Å². The minimum absolute atomic E-state index is 0.0694. The first-order valence-corrected chi connectivity index (χ1v) is 11.4. The molecule has 0 spiro atoms. The summed E-state index contributed by atoms with van der Waals surface area (Å²) in [5.74, 6) is -4.59. The van der Waals surface area contributed by atoms with Crippen LogP contribution in [0.25, 0.3) is 10.8 Å². The summed E-state index contributed by atoms with van der Waals surface area (Å²) in [6, 6.07) is 21.3. The Bertz CT molecular complexity index is 1190. The van der Waals surface area contributed by atoms with Crippen LogP contribution < -0.4 is 0 Å². The van der Waals surface area contributed by atoms with Gasteiger partial charge in [-0.1, -0.05) is 72.8 Å². The number of ketones is 1. The molecule has 3 aromatic rings. The molecule has 7 nitrogen and oxygen atoms in total. The number of carbonyl (C=O) groups is 4. The standard InChI is InChI=1S/C28H28O7/c1-4-33-26(31)28(35-19(3)29,27(32)34-5-2)24(21-13-7-6-8-14-21)18-25(30)23-17-11-15-20-12-9-10-16-22(20)23/h6-17,24H,4-5,18H2,1-3H3. The van der Waals surface area contributed by atoms with Crippen LogP contribution in [0.1, 0.15) is 49.0 Å². The van der Waals surface area contributed by atoms with Gasteiger partial charge in [0.25, 0.3) is 0 Å². The molecule has 0 saturated heterocycles. The van der Waals surface area contributed by atoms with Gasteiger partial charge in [0.2, 0.25) is 0 Å². The van der Waals surface area contributed by atoms with E-state index in [-0.39, 0.29) is 25.4 Å². The fourth-order valence-electron chi connectivity index (χ4n) is 4.17. The van der Waals surface area contributed by atoms with Crippen LogP contribution in [0, 0.1) is 0 Å². The molecular weight excluding hydrogens is 448 g/mol. The molecule has 0 aliphatic carbocycles. The number of ether oxygens (including phenoxy) is 3. The van der Waals surface area contributed by atoms with Crippen LogP contribution in [0.5, 0.6) is 0 Å². The Morgan fingerprint density at radius 2 is 1.34 bits per heavy atom. The van der Waals surface area contributed by atoms with Crippen LogP contribution in [0.4, 0.5) is 0 Å². The smallest absolute Gasteiger partial charge is 0.363 e. The Balaban J connectivity index is 2.21. The maximum atomic E-state index is 13.7. The molecule has 1 atom stereocenters. The molecule has 3 rings (SSSR count). The molecule has 0 heterocycles. The first kappa shape index (κ1) is 25.6. The van der Waals surface area contributed by atoms with E-state index in [0.717, 1.165) is 17.7 Å². The van der Waals surface area contributed by atoms with Crippen LogP contribution in [0.2, 0.25) is 0 Å². The third kappa shape index (κ3) is 5.40. The van der Waals surface area contributed by atoms with E-state index in [9.17, 15) is 19.2 Å². The Morgan fingerprint density at radius 3 is 1.94 bits per heavy atom. The zero-order valence-corrected chi connectivity index (χ0v) is 20.0. The average molecular weight is 477 g/mol. The van der Waals surface area contributed by atoms with Gasteiger partial charge in [0.1, 0.15) is 0 Å². The predicted octanol–water partition coefficient (Wildman–Crippen LogP) is 4.62. The van der Waals surface area contributed by atoms with Crippen LogP contribution in [0.15, 0.2) is 72.8 Å². The van der Waals surface area contributed by atoms with Crippen molar-refractivity contribution in [2.45, 2.75) is 38.7 Å². The fraction of sp³-hybridized carbons (Fsp3) is 0.286. The fourth-order valence-corrected chi connectivity index (χ4v) is 4.17. The van der Waals surface area contributed by atoms with E-state index >= 15 is 0 Å². The number of Topliss-reactive ketones (excluding diaryl/α,β-unsaturated/α-hetero) is 1. The first-order valence-electron chi connectivity index (χ1n) is 11.4. The largest absolute Gasteiger partial charge is 0.463 e. The summed E-state index contributed by atoms with van der Waals surface area (Å²) in [4.78, 5) is 52.6. The molecule has 0 aliphatic heterocycles. The van der Waals surface area contributed by atoms with E-state index in [1.54, 1.807) is 56.3 Å². The van der Waals surface area contributed by atoms with Crippen LogP contribution in [-0.4, -0.2) is 42.5 Å². The Kier molecular flexibility index (Phi) is 8.36. The quantitative estimate of drug-likeness (QED) is 0.182. The molecular formula is C28H28O7. The molecule has 0 fully saturated rings. The van der Waals surface area contributed by atoms with Gasteiger partial charge in [-0.25, -0.2) is 9.59 Å². The summed E-state index contributed by atoms with van der Waals surface area (Å²) >= 11 is 0. The molecule has 0 N–H and O–H groups in total. The van der Waals surface area contributed by atoms with Crippen molar-refractivity contribution in [3.63, 3.8) is 0 Å². The summed E-state index contributed by atoms with van der Waals surface area (Å²) in [6.45, 7) is 4.09. The lowest BCUT2D eigenvalue weighted by Gasteiger charge is -2.35. The zero-order chi connectivity index (χ0) is 25.4. The summed E-state index contributed by atoms with van der Waals surface area (Å²) < 4.78 is 15.9. The van der Waals surface area contributed by atoms with E-state index in [1.165, 1.54) is 0 Å². The number of hydrogen-bond donors (Lipinski definition) is 0. The van der Waals surface area contributed by atoms with Gasteiger partial charge in [0, 0.05) is 18.9 Å². The number of fused-ring (bicyclic) bond motifs is 1. The van der Waals surface area contributed by atoms with Crippen molar-refractivity contribution in [3.05, 3.63) is 83.9 Å². The highest BCUT2D eigenvalue weighted by molar-refractivity contribution is 6.11. The van der Waals surface area contributed by atoms with Crippen LogP contribution >= 0.6 is 0 Å². The van der Waals surface area contributed by atoms with Gasteiger partial charge < -0.3 is 14.2 Å². The predicted molar refractivity (Wildman–Crippen MR) is 130 cm³/mol. The number of hydrogen-bond acceptors (Lipinski definition) is 7. The van der Waals surface area contributed by atoms with Crippen molar-refractivity contribution in [2.24, 2.45) is 0 Å². The normalized spacial score (nSPS) is 12.0. The third-order valence-electron chi connectivity index (χ3n) is 5.63. The number of carbonyl (C=O) groups excluding carboxylic acids is 4. The van der Waals surface area contributed by atoms with Gasteiger partial charge in [-0.2, -0.15) is 0 Å². The van der Waals surface area contributed by atoms with Crippen LogP contribution in [0.3, 0.4) is 0 Å². The molecule has 182 valence electrons. The third-order valence-corrected chi connectivity index (χ3v) is 5.63. The Hall–Kier alpha value is -4.00. The van der Waals surface area contributed by atoms with Gasteiger partial charge in [0.05, 0.1) is 19.1 Å². The Morgan fingerprint density at radius 1 is 0.771 bits per heavy atom. The van der Waals surface area contributed by atoms with Crippen molar-refractivity contribution < 1.29 is 33.4 Å². The minimum atomic E-state index is -2.50. The van der Waals surface area contributed by atoms with Gasteiger partial charge in [0.15, 0.2) is 5.78 Å². The van der Waals surface area contributed by atoms with E-state index in [4.69, 9.17) is 14.2 Å². The van der Waals surface area contributed by atoms with E-state index in [2.05, 4.69) is 0 Å². The first-order chi connectivity index (χ1) is 16.8. The number of rotatable bonds is 10. The molecule has 0 bridgehead atoms. The monoisotopic (exact) mass is 476 g/mol. The van der Waals surface area contributed by atoms with Crippen molar-refractivity contribution in [3.8, 4) is 0 Å². The van der Waals surface area contributed by atoms with Crippen molar-refractivity contribution in [1.82, 2.24) is 0 Å². The molecule has 1 unspecified atom stereocenters. The highest BCUT2D eigenvalue weighted by Gasteiger charge is 2.59. The van der Waals surface area contributed by atoms with E-state index in [0.29, 0.717) is 11.1 Å². The lowest BCUT2D eigenvalue weighted by molar-refractivity contribution is -0.198. The highest BCUT2D eigenvalue weighted by Crippen LogP contribution is 2.39. The summed E-state index contributed by atoms with van der Waals surface area (Å²) in [7, 11) is 0. The topological polar surface area (TPSA) is 96.0 Å². The molecule has 0 amide bonds. The second kappa shape index (κ2) is 11.4. The second-order valence-corrected chi connectivity index (χ2v) is 7.89. The lowest BCUT2D eigenvalue weighted by Crippen LogP contribution is -2.56. The average Bonchev–Trinajstić information content (AvgIpc) is 2.86. The number of esters is 3. The second-order valence-electron chi connectivity index (χ2n) is 7.89. The SMILES string of the molecule is CCOC(=O)C(OC(C)=O)(C(=O)OCC)C(CC(=O)c1cccc2ccccc12)c1ccccc1. The molecule has 0 saturated carbocycles. The number of benzene rings is 3. The highest BCUT2D eigenvalue weighted by atomic mass is 16.6. The van der Waals surface area contributed by atoms with Crippen molar-refractivity contribution >= 4 is 34.5 Å². The molecule has 0 aliphatic rings. The van der Waals surface area contributed by atoms with E-state index in [1.807, 2.05) is 30.3 Å². The molecule has 35 heavy (non-hydrogen) atoms. The summed E-state index contributed by atoms with van der Waals surface area (Å²) in [6.07, 6.45) is -0.317. The van der Waals surface area contributed by atoms with E-state index < -0.39 is 29.4 Å². The maximum absolute atomic E-state index is 13.7. The Labute approximate surface area is 204 Å².